The molecule has 0 N–H and O–H groups in total. The number of hydrogen-bond acceptors (Lipinski definition) is 2. The summed E-state index contributed by atoms with van der Waals surface area (Å²) in [6, 6.07) is 23.4. The van der Waals surface area contributed by atoms with Crippen LogP contribution in [0.3, 0.4) is 0 Å². The molecule has 0 fully saturated rings. The molecule has 2 aromatic heterocycles. The van der Waals surface area contributed by atoms with Crippen LogP contribution in [0.1, 0.15) is 0 Å². The topological polar surface area (TPSA) is 25.8 Å². The highest BCUT2D eigenvalue weighted by Crippen LogP contribution is 2.32. The van der Waals surface area contributed by atoms with Gasteiger partial charge < -0.3 is 0 Å². The molecule has 0 radical (unpaired) electrons. The Labute approximate surface area is 160 Å². The summed E-state index contributed by atoms with van der Waals surface area (Å²) in [6.45, 7) is 0. The lowest BCUT2D eigenvalue weighted by Crippen LogP contribution is -1.87. The van der Waals surface area contributed by atoms with Crippen molar-refractivity contribution in [2.75, 3.05) is 0 Å². The van der Waals surface area contributed by atoms with E-state index in [9.17, 15) is 0 Å². The second-order valence-electron chi connectivity index (χ2n) is 5.79. The zero-order chi connectivity index (χ0) is 17.1. The Balaban J connectivity index is 1.92. The standard InChI is InChI=1S/C22H15IN2/c23-22-5-1-3-17(14-22)20-11-19(16-6-9-24-10-7-16)12-21(13-20)18-4-2-8-25-15-18/h1-15H. The van der Waals surface area contributed by atoms with E-state index < -0.39 is 0 Å². The Morgan fingerprint density at radius 3 is 1.88 bits per heavy atom. The Bertz CT molecular complexity index is 941. The highest BCUT2D eigenvalue weighted by atomic mass is 127. The predicted molar refractivity (Wildman–Crippen MR) is 111 cm³/mol. The van der Waals surface area contributed by atoms with E-state index in [1.54, 1.807) is 6.20 Å². The minimum atomic E-state index is 1.12. The average molecular weight is 434 g/mol. The molecule has 0 aliphatic carbocycles. The highest BCUT2D eigenvalue weighted by molar-refractivity contribution is 14.1. The van der Waals surface area contributed by atoms with Gasteiger partial charge in [-0.05, 0) is 98.9 Å². The summed E-state index contributed by atoms with van der Waals surface area (Å²) in [6.07, 6.45) is 7.37. The van der Waals surface area contributed by atoms with E-state index in [1.807, 2.05) is 36.8 Å². The molecule has 0 spiro atoms. The molecule has 4 rings (SSSR count). The lowest BCUT2D eigenvalue weighted by atomic mass is 9.94. The number of halogens is 1. The SMILES string of the molecule is Ic1cccc(-c2cc(-c3ccncc3)cc(-c3cccnc3)c2)c1. The van der Waals surface area contributed by atoms with E-state index in [0.717, 1.165) is 16.7 Å². The highest BCUT2D eigenvalue weighted by Gasteiger charge is 2.07. The molecule has 3 heteroatoms. The van der Waals surface area contributed by atoms with Gasteiger partial charge in [-0.1, -0.05) is 18.2 Å². The Hall–Kier alpha value is -2.53. The quantitative estimate of drug-likeness (QED) is 0.365. The monoisotopic (exact) mass is 434 g/mol. The van der Waals surface area contributed by atoms with Crippen LogP contribution in [0.25, 0.3) is 33.4 Å². The number of hydrogen-bond donors (Lipinski definition) is 0. The smallest absolute Gasteiger partial charge is 0.0346 e. The molecule has 2 aromatic carbocycles. The van der Waals surface area contributed by atoms with Crippen LogP contribution in [0.15, 0.2) is 91.5 Å². The Morgan fingerprint density at radius 2 is 1.20 bits per heavy atom. The molecule has 0 amide bonds. The van der Waals surface area contributed by atoms with Crippen LogP contribution in [0.2, 0.25) is 0 Å². The average Bonchev–Trinajstić information content (AvgIpc) is 2.69. The van der Waals surface area contributed by atoms with Crippen molar-refractivity contribution in [3.8, 4) is 33.4 Å². The first kappa shape index (κ1) is 16.0. The van der Waals surface area contributed by atoms with Crippen molar-refractivity contribution in [2.45, 2.75) is 0 Å². The van der Waals surface area contributed by atoms with Crippen molar-refractivity contribution in [1.82, 2.24) is 9.97 Å². The van der Waals surface area contributed by atoms with Crippen LogP contribution < -0.4 is 0 Å². The first-order valence-electron chi connectivity index (χ1n) is 8.01. The number of nitrogens with zero attached hydrogens (tertiary/aromatic N) is 2. The lowest BCUT2D eigenvalue weighted by Gasteiger charge is -2.11. The first-order chi connectivity index (χ1) is 12.3. The van der Waals surface area contributed by atoms with Crippen molar-refractivity contribution in [3.63, 3.8) is 0 Å². The van der Waals surface area contributed by atoms with Crippen LogP contribution in [0.4, 0.5) is 0 Å². The second-order valence-corrected chi connectivity index (χ2v) is 7.03. The Morgan fingerprint density at radius 1 is 0.520 bits per heavy atom. The third-order valence-corrected chi connectivity index (χ3v) is 4.77. The molecule has 4 aromatic rings. The maximum atomic E-state index is 4.27. The third kappa shape index (κ3) is 3.61. The van der Waals surface area contributed by atoms with Crippen LogP contribution in [0.5, 0.6) is 0 Å². The molecule has 2 heterocycles. The lowest BCUT2D eigenvalue weighted by molar-refractivity contribution is 1.32. The molecule has 0 saturated heterocycles. The number of aromatic nitrogens is 2. The van der Waals surface area contributed by atoms with Crippen LogP contribution >= 0.6 is 22.6 Å². The summed E-state index contributed by atoms with van der Waals surface area (Å²) in [7, 11) is 0. The number of rotatable bonds is 3. The third-order valence-electron chi connectivity index (χ3n) is 4.10. The van der Waals surface area contributed by atoms with Gasteiger partial charge in [-0.25, -0.2) is 0 Å². The molecule has 0 saturated carbocycles. The summed E-state index contributed by atoms with van der Waals surface area (Å²) in [5, 5.41) is 0. The molecule has 0 aliphatic rings. The normalized spacial score (nSPS) is 10.6. The molecule has 0 aliphatic heterocycles. The van der Waals surface area contributed by atoms with Crippen LogP contribution in [-0.4, -0.2) is 9.97 Å². The van der Waals surface area contributed by atoms with Gasteiger partial charge in [0.15, 0.2) is 0 Å². The molecule has 25 heavy (non-hydrogen) atoms. The maximum Gasteiger partial charge on any atom is 0.0346 e. The molecular weight excluding hydrogens is 419 g/mol. The molecule has 0 bridgehead atoms. The summed E-state index contributed by atoms with van der Waals surface area (Å²) >= 11 is 2.35. The second kappa shape index (κ2) is 7.15. The summed E-state index contributed by atoms with van der Waals surface area (Å²) < 4.78 is 1.23. The van der Waals surface area contributed by atoms with E-state index >= 15 is 0 Å². The van der Waals surface area contributed by atoms with Gasteiger partial charge in [0.05, 0.1) is 0 Å². The van der Waals surface area contributed by atoms with Crippen molar-refractivity contribution < 1.29 is 0 Å². The molecule has 2 nitrogen and oxygen atoms in total. The van der Waals surface area contributed by atoms with Crippen LogP contribution in [0, 0.1) is 3.57 Å². The van der Waals surface area contributed by atoms with Gasteiger partial charge in [0.2, 0.25) is 0 Å². The van der Waals surface area contributed by atoms with Gasteiger partial charge in [0, 0.05) is 33.9 Å². The van der Waals surface area contributed by atoms with E-state index in [4.69, 9.17) is 0 Å². The van der Waals surface area contributed by atoms with Crippen molar-refractivity contribution >= 4 is 22.6 Å². The van der Waals surface area contributed by atoms with E-state index in [1.165, 1.54) is 20.3 Å². The fourth-order valence-corrected chi connectivity index (χ4v) is 3.42. The number of pyridine rings is 2. The fourth-order valence-electron chi connectivity index (χ4n) is 2.87. The molecule has 0 unspecified atom stereocenters. The van der Waals surface area contributed by atoms with Gasteiger partial charge in [0.25, 0.3) is 0 Å². The van der Waals surface area contributed by atoms with Gasteiger partial charge in [0.1, 0.15) is 0 Å². The summed E-state index contributed by atoms with van der Waals surface area (Å²) in [4.78, 5) is 8.40. The maximum absolute atomic E-state index is 4.27. The van der Waals surface area contributed by atoms with Gasteiger partial charge in [-0.2, -0.15) is 0 Å². The predicted octanol–water partition coefficient (Wildman–Crippen LogP) is 6.08. The minimum absolute atomic E-state index is 1.12. The minimum Gasteiger partial charge on any atom is -0.265 e. The molecular formula is C22H15IN2. The zero-order valence-electron chi connectivity index (χ0n) is 13.4. The zero-order valence-corrected chi connectivity index (χ0v) is 15.6. The molecule has 0 atom stereocenters. The van der Waals surface area contributed by atoms with E-state index in [2.05, 4.69) is 81.1 Å². The largest absolute Gasteiger partial charge is 0.265 e. The van der Waals surface area contributed by atoms with Gasteiger partial charge >= 0.3 is 0 Å². The fraction of sp³-hybridized carbons (Fsp3) is 0. The Kier molecular flexibility index (Phi) is 4.57. The van der Waals surface area contributed by atoms with E-state index in [0.29, 0.717) is 0 Å². The van der Waals surface area contributed by atoms with E-state index in [-0.39, 0.29) is 0 Å². The first-order valence-corrected chi connectivity index (χ1v) is 9.09. The van der Waals surface area contributed by atoms with Crippen molar-refractivity contribution in [1.29, 1.82) is 0 Å². The van der Waals surface area contributed by atoms with Gasteiger partial charge in [-0.15, -0.1) is 0 Å². The molecule has 120 valence electrons. The van der Waals surface area contributed by atoms with Gasteiger partial charge in [-0.3, -0.25) is 9.97 Å². The van der Waals surface area contributed by atoms with Crippen molar-refractivity contribution in [3.05, 3.63) is 95.1 Å². The van der Waals surface area contributed by atoms with Crippen molar-refractivity contribution in [2.24, 2.45) is 0 Å². The number of benzene rings is 2. The summed E-state index contributed by atoms with van der Waals surface area (Å²) in [5.74, 6) is 0. The summed E-state index contributed by atoms with van der Waals surface area (Å²) in [5.41, 5.74) is 7.03. The van der Waals surface area contributed by atoms with Crippen LogP contribution in [-0.2, 0) is 0 Å².